The molecule has 0 bridgehead atoms. The van der Waals surface area contributed by atoms with Crippen LogP contribution in [0.25, 0.3) is 0 Å². The Bertz CT molecular complexity index is 158. The Balaban J connectivity index is -0.000000234. The van der Waals surface area contributed by atoms with Crippen molar-refractivity contribution in [1.82, 2.24) is 0 Å². The van der Waals surface area contributed by atoms with Crippen molar-refractivity contribution in [3.63, 3.8) is 0 Å². The molecule has 0 spiro atoms. The summed E-state index contributed by atoms with van der Waals surface area (Å²) in [5.41, 5.74) is 1.44. The van der Waals surface area contributed by atoms with Gasteiger partial charge in [-0.15, -0.1) is 0 Å². The van der Waals surface area contributed by atoms with Gasteiger partial charge in [-0.25, -0.2) is 0 Å². The molecule has 78 valence electrons. The molecule has 0 saturated heterocycles. The molecule has 1 heteroatoms. The summed E-state index contributed by atoms with van der Waals surface area (Å²) in [4.78, 5) is 0. The molecular weight excluding hydrogens is 163 g/mol. The molecule has 13 heavy (non-hydrogen) atoms. The van der Waals surface area contributed by atoms with Crippen molar-refractivity contribution in [3.8, 4) is 0 Å². The minimum absolute atomic E-state index is 0. The lowest BCUT2D eigenvalue weighted by molar-refractivity contribution is 0.636. The van der Waals surface area contributed by atoms with Crippen molar-refractivity contribution >= 4 is 0 Å². The van der Waals surface area contributed by atoms with E-state index in [4.69, 9.17) is 0 Å². The number of alkyl halides is 1. The third kappa shape index (κ3) is 9.06. The van der Waals surface area contributed by atoms with E-state index in [0.717, 1.165) is 0 Å². The van der Waals surface area contributed by atoms with E-state index >= 15 is 0 Å². The normalized spacial score (nSPS) is 7.00. The highest BCUT2D eigenvalue weighted by Gasteiger charge is 1.84. The molecule has 0 aliphatic heterocycles. The summed E-state index contributed by atoms with van der Waals surface area (Å²) in [6, 6.07) is 10.6. The molecule has 0 unspecified atom stereocenters. The first-order chi connectivity index (χ1) is 5.43. The second-order valence-electron chi connectivity index (χ2n) is 2.24. The number of halogens is 1. The molecule has 1 aromatic rings. The lowest BCUT2D eigenvalue weighted by atomic mass is 10.1. The zero-order valence-corrected chi connectivity index (χ0v) is 7.18. The summed E-state index contributed by atoms with van der Waals surface area (Å²) in [7, 11) is 0.500. The fraction of sp³-hybridized carbons (Fsp3) is 0.500. The van der Waals surface area contributed by atoms with Gasteiger partial charge in [0.05, 0.1) is 7.18 Å². The smallest absolute Gasteiger partial charge is 0.0785 e. The van der Waals surface area contributed by atoms with Crippen molar-refractivity contribution in [2.24, 2.45) is 0 Å². The molecule has 1 aromatic carbocycles. The zero-order chi connectivity index (χ0) is 8.53. The topological polar surface area (TPSA) is 0 Å². The van der Waals surface area contributed by atoms with Gasteiger partial charge in [0, 0.05) is 0 Å². The van der Waals surface area contributed by atoms with Crippen molar-refractivity contribution < 1.29 is 4.39 Å². The van der Waals surface area contributed by atoms with Gasteiger partial charge in [-0.3, -0.25) is 4.39 Å². The fourth-order valence-electron chi connectivity index (χ4n) is 0.933. The standard InChI is InChI=1S/C9H12.CH3F.2CH4/c1-2-6-9-7-4-3-5-8-9;1-2;;/h3-5,7-8H,2,6H2,1H3;1H3;2*1H4. The van der Waals surface area contributed by atoms with Crippen LogP contribution in [0.2, 0.25) is 0 Å². The summed E-state index contributed by atoms with van der Waals surface area (Å²) in [5, 5.41) is 0. The maximum Gasteiger partial charge on any atom is 0.0785 e. The largest absolute Gasteiger partial charge is 0.255 e. The van der Waals surface area contributed by atoms with Crippen LogP contribution in [0.15, 0.2) is 30.3 Å². The quantitative estimate of drug-likeness (QED) is 0.638. The van der Waals surface area contributed by atoms with Gasteiger partial charge in [-0.1, -0.05) is 58.5 Å². The second-order valence-corrected chi connectivity index (χ2v) is 2.24. The molecule has 0 aliphatic rings. The van der Waals surface area contributed by atoms with Gasteiger partial charge in [0.1, 0.15) is 0 Å². The molecule has 0 N–H and O–H groups in total. The molecular formula is C12H23F. The molecule has 0 fully saturated rings. The van der Waals surface area contributed by atoms with Gasteiger partial charge in [-0.2, -0.15) is 0 Å². The third-order valence-corrected chi connectivity index (χ3v) is 1.38. The van der Waals surface area contributed by atoms with Crippen LogP contribution in [0.5, 0.6) is 0 Å². The maximum absolute atomic E-state index is 9.50. The monoisotopic (exact) mass is 186 g/mol. The van der Waals surface area contributed by atoms with Crippen molar-refractivity contribution in [2.45, 2.75) is 34.6 Å². The maximum atomic E-state index is 9.50. The number of aryl methyl sites for hydroxylation is 1. The molecule has 1 rings (SSSR count). The minimum Gasteiger partial charge on any atom is -0.255 e. The van der Waals surface area contributed by atoms with Crippen LogP contribution in [-0.4, -0.2) is 7.18 Å². The van der Waals surface area contributed by atoms with E-state index in [-0.39, 0.29) is 14.9 Å². The predicted octanol–water partition coefficient (Wildman–Crippen LogP) is 4.50. The molecule has 0 aromatic heterocycles. The Morgan fingerprint density at radius 1 is 1.00 bits per heavy atom. The first-order valence-corrected chi connectivity index (χ1v) is 3.85. The highest BCUT2D eigenvalue weighted by Crippen LogP contribution is 2.00. The first kappa shape index (κ1) is 18.0. The molecule has 0 radical (unpaired) electrons. The van der Waals surface area contributed by atoms with E-state index in [9.17, 15) is 4.39 Å². The second kappa shape index (κ2) is 13.7. The van der Waals surface area contributed by atoms with Crippen LogP contribution in [0.4, 0.5) is 4.39 Å². The number of rotatable bonds is 2. The Morgan fingerprint density at radius 2 is 1.46 bits per heavy atom. The summed E-state index contributed by atoms with van der Waals surface area (Å²) >= 11 is 0. The Labute approximate surface area is 82.8 Å². The summed E-state index contributed by atoms with van der Waals surface area (Å²) in [5.74, 6) is 0. The van der Waals surface area contributed by atoms with Crippen molar-refractivity contribution in [2.75, 3.05) is 7.18 Å². The zero-order valence-electron chi connectivity index (χ0n) is 7.18. The van der Waals surface area contributed by atoms with Crippen LogP contribution in [0, 0.1) is 0 Å². The molecule has 0 amide bonds. The van der Waals surface area contributed by atoms with Gasteiger partial charge in [0.15, 0.2) is 0 Å². The van der Waals surface area contributed by atoms with Crippen LogP contribution >= 0.6 is 0 Å². The number of hydrogen-bond donors (Lipinski definition) is 0. The average molecular weight is 186 g/mol. The van der Waals surface area contributed by atoms with E-state index in [1.807, 2.05) is 0 Å². The van der Waals surface area contributed by atoms with E-state index in [1.165, 1.54) is 18.4 Å². The predicted molar refractivity (Wildman–Crippen MR) is 60.9 cm³/mol. The van der Waals surface area contributed by atoms with Crippen LogP contribution < -0.4 is 0 Å². The average Bonchev–Trinajstić information content (AvgIpc) is 2.11. The lowest BCUT2D eigenvalue weighted by Gasteiger charge is -1.93. The van der Waals surface area contributed by atoms with Crippen molar-refractivity contribution in [1.29, 1.82) is 0 Å². The Morgan fingerprint density at radius 3 is 1.85 bits per heavy atom. The first-order valence-electron chi connectivity index (χ1n) is 3.85. The molecule has 0 saturated carbocycles. The molecule has 0 heterocycles. The van der Waals surface area contributed by atoms with E-state index in [1.54, 1.807) is 0 Å². The van der Waals surface area contributed by atoms with Gasteiger partial charge < -0.3 is 0 Å². The van der Waals surface area contributed by atoms with E-state index in [2.05, 4.69) is 37.3 Å². The summed E-state index contributed by atoms with van der Waals surface area (Å²) in [6.45, 7) is 2.20. The van der Waals surface area contributed by atoms with Crippen LogP contribution in [0.3, 0.4) is 0 Å². The molecule has 0 aliphatic carbocycles. The highest BCUT2D eigenvalue weighted by atomic mass is 19.1. The van der Waals surface area contributed by atoms with Gasteiger partial charge in [0.25, 0.3) is 0 Å². The highest BCUT2D eigenvalue weighted by molar-refractivity contribution is 5.14. The van der Waals surface area contributed by atoms with Gasteiger partial charge >= 0.3 is 0 Å². The van der Waals surface area contributed by atoms with Gasteiger partial charge in [-0.05, 0) is 12.0 Å². The molecule has 0 nitrogen and oxygen atoms in total. The Hall–Kier alpha value is -0.850. The number of hydrogen-bond acceptors (Lipinski definition) is 0. The van der Waals surface area contributed by atoms with E-state index < -0.39 is 0 Å². The number of benzene rings is 1. The van der Waals surface area contributed by atoms with E-state index in [0.29, 0.717) is 7.18 Å². The third-order valence-electron chi connectivity index (χ3n) is 1.38. The SMILES string of the molecule is C.C.CCCc1ccccc1.CF. The fourth-order valence-corrected chi connectivity index (χ4v) is 0.933. The van der Waals surface area contributed by atoms with Crippen molar-refractivity contribution in [3.05, 3.63) is 35.9 Å². The Kier molecular flexibility index (Phi) is 19.0. The van der Waals surface area contributed by atoms with Gasteiger partial charge in [0.2, 0.25) is 0 Å². The summed E-state index contributed by atoms with van der Waals surface area (Å²) in [6.07, 6.45) is 2.45. The molecule has 0 atom stereocenters. The lowest BCUT2D eigenvalue weighted by Crippen LogP contribution is -1.78. The summed E-state index contributed by atoms with van der Waals surface area (Å²) < 4.78 is 9.50. The minimum atomic E-state index is 0. The van der Waals surface area contributed by atoms with Crippen LogP contribution in [-0.2, 0) is 6.42 Å². The van der Waals surface area contributed by atoms with Crippen LogP contribution in [0.1, 0.15) is 33.8 Å².